The minimum atomic E-state index is 0.369. The third-order valence-corrected chi connectivity index (χ3v) is 3.28. The molecule has 0 aliphatic heterocycles. The predicted octanol–water partition coefficient (Wildman–Crippen LogP) is 3.10. The summed E-state index contributed by atoms with van der Waals surface area (Å²) >= 11 is 6.09. The summed E-state index contributed by atoms with van der Waals surface area (Å²) in [5, 5.41) is 8.48. The maximum atomic E-state index is 6.09. The molecule has 0 amide bonds. The first kappa shape index (κ1) is 11.9. The fourth-order valence-corrected chi connectivity index (χ4v) is 1.89. The highest BCUT2D eigenvalue weighted by atomic mass is 35.5. The number of halogens is 1. The molecular weight excluding hydrogens is 264 g/mol. The van der Waals surface area contributed by atoms with Crippen LogP contribution in [0.15, 0.2) is 35.0 Å². The first-order valence-corrected chi connectivity index (χ1v) is 6.11. The second-order valence-corrected chi connectivity index (χ2v) is 4.62. The Labute approximate surface area is 114 Å². The molecule has 0 unspecified atom stereocenters. The van der Waals surface area contributed by atoms with Crippen LogP contribution >= 0.6 is 11.6 Å². The Hall–Kier alpha value is -2.14. The molecule has 96 valence electrons. The Morgan fingerprint density at radius 3 is 2.58 bits per heavy atom. The van der Waals surface area contributed by atoms with E-state index in [0.29, 0.717) is 22.4 Å². The average molecular weight is 275 g/mol. The van der Waals surface area contributed by atoms with Gasteiger partial charge in [0.15, 0.2) is 0 Å². The SMILES string of the molecule is Cc1ccc(-c2noc(-c3cnn(C)c3Cl)n2)cc1. The number of nitrogens with zero attached hydrogens (tertiary/aromatic N) is 4. The fourth-order valence-electron chi connectivity index (χ4n) is 1.72. The van der Waals surface area contributed by atoms with E-state index in [0.717, 1.165) is 5.56 Å². The molecule has 3 aromatic rings. The van der Waals surface area contributed by atoms with Gasteiger partial charge >= 0.3 is 0 Å². The molecule has 0 bridgehead atoms. The summed E-state index contributed by atoms with van der Waals surface area (Å²) in [6.07, 6.45) is 1.61. The van der Waals surface area contributed by atoms with Gasteiger partial charge in [-0.05, 0) is 6.92 Å². The van der Waals surface area contributed by atoms with E-state index >= 15 is 0 Å². The van der Waals surface area contributed by atoms with E-state index in [9.17, 15) is 0 Å². The summed E-state index contributed by atoms with van der Waals surface area (Å²) in [6.45, 7) is 2.03. The minimum absolute atomic E-state index is 0.369. The smallest absolute Gasteiger partial charge is 0.263 e. The molecular formula is C13H11ClN4O. The Balaban J connectivity index is 2.00. The number of hydrogen-bond acceptors (Lipinski definition) is 4. The van der Waals surface area contributed by atoms with Crippen LogP contribution in [-0.2, 0) is 7.05 Å². The van der Waals surface area contributed by atoms with Crippen LogP contribution in [0.4, 0.5) is 0 Å². The molecule has 3 rings (SSSR count). The molecule has 0 radical (unpaired) electrons. The summed E-state index contributed by atoms with van der Waals surface area (Å²) in [5.74, 6) is 0.906. The van der Waals surface area contributed by atoms with Crippen molar-refractivity contribution in [3.05, 3.63) is 41.2 Å². The van der Waals surface area contributed by atoms with Gasteiger partial charge in [0.2, 0.25) is 5.82 Å². The van der Waals surface area contributed by atoms with E-state index in [1.54, 1.807) is 17.9 Å². The third-order valence-electron chi connectivity index (χ3n) is 2.83. The van der Waals surface area contributed by atoms with Crippen molar-refractivity contribution in [2.45, 2.75) is 6.92 Å². The Morgan fingerprint density at radius 2 is 1.95 bits per heavy atom. The molecule has 19 heavy (non-hydrogen) atoms. The van der Waals surface area contributed by atoms with Crippen LogP contribution in [0.2, 0.25) is 5.15 Å². The van der Waals surface area contributed by atoms with E-state index in [4.69, 9.17) is 16.1 Å². The summed E-state index contributed by atoms with van der Waals surface area (Å²) in [6, 6.07) is 7.91. The van der Waals surface area contributed by atoms with Gasteiger partial charge in [-0.2, -0.15) is 10.1 Å². The molecule has 0 aliphatic carbocycles. The lowest BCUT2D eigenvalue weighted by Crippen LogP contribution is -1.88. The van der Waals surface area contributed by atoms with Crippen LogP contribution in [0.1, 0.15) is 5.56 Å². The number of benzene rings is 1. The van der Waals surface area contributed by atoms with Crippen molar-refractivity contribution in [1.29, 1.82) is 0 Å². The number of aromatic nitrogens is 4. The molecule has 0 atom stereocenters. The van der Waals surface area contributed by atoms with E-state index < -0.39 is 0 Å². The van der Waals surface area contributed by atoms with Crippen molar-refractivity contribution in [3.8, 4) is 22.8 Å². The van der Waals surface area contributed by atoms with Crippen molar-refractivity contribution in [1.82, 2.24) is 19.9 Å². The van der Waals surface area contributed by atoms with Crippen molar-refractivity contribution < 1.29 is 4.52 Å². The van der Waals surface area contributed by atoms with Crippen LogP contribution in [-0.4, -0.2) is 19.9 Å². The van der Waals surface area contributed by atoms with E-state index in [1.807, 2.05) is 31.2 Å². The van der Waals surface area contributed by atoms with Gasteiger partial charge in [0.1, 0.15) is 5.15 Å². The second kappa shape index (κ2) is 4.51. The van der Waals surface area contributed by atoms with Gasteiger partial charge < -0.3 is 4.52 Å². The quantitative estimate of drug-likeness (QED) is 0.720. The monoisotopic (exact) mass is 274 g/mol. The van der Waals surface area contributed by atoms with Crippen molar-refractivity contribution >= 4 is 11.6 Å². The van der Waals surface area contributed by atoms with Crippen molar-refractivity contribution in [2.24, 2.45) is 7.05 Å². The van der Waals surface area contributed by atoms with E-state index in [-0.39, 0.29) is 0 Å². The van der Waals surface area contributed by atoms with Gasteiger partial charge in [0.05, 0.1) is 11.8 Å². The Morgan fingerprint density at radius 1 is 1.21 bits per heavy atom. The molecule has 6 heteroatoms. The molecule has 1 aromatic carbocycles. The third kappa shape index (κ3) is 2.13. The van der Waals surface area contributed by atoms with Crippen LogP contribution in [0.3, 0.4) is 0 Å². The summed E-state index contributed by atoms with van der Waals surface area (Å²) in [5.41, 5.74) is 2.72. The van der Waals surface area contributed by atoms with Crippen molar-refractivity contribution in [2.75, 3.05) is 0 Å². The molecule has 0 aliphatic rings. The van der Waals surface area contributed by atoms with Gasteiger partial charge in [0, 0.05) is 12.6 Å². The Bertz CT molecular complexity index is 715. The topological polar surface area (TPSA) is 56.7 Å². The normalized spacial score (nSPS) is 10.9. The second-order valence-electron chi connectivity index (χ2n) is 4.26. The lowest BCUT2D eigenvalue weighted by molar-refractivity contribution is 0.432. The van der Waals surface area contributed by atoms with Gasteiger partial charge in [0.25, 0.3) is 5.89 Å². The maximum Gasteiger partial charge on any atom is 0.263 e. The highest BCUT2D eigenvalue weighted by molar-refractivity contribution is 6.32. The highest BCUT2D eigenvalue weighted by Crippen LogP contribution is 2.27. The van der Waals surface area contributed by atoms with Crippen LogP contribution in [0, 0.1) is 6.92 Å². The number of rotatable bonds is 2. The highest BCUT2D eigenvalue weighted by Gasteiger charge is 2.16. The van der Waals surface area contributed by atoms with Crippen LogP contribution < -0.4 is 0 Å². The lowest BCUT2D eigenvalue weighted by atomic mass is 10.1. The molecule has 0 saturated heterocycles. The first-order chi connectivity index (χ1) is 9.15. The molecule has 2 aromatic heterocycles. The summed E-state index contributed by atoms with van der Waals surface area (Å²) < 4.78 is 6.78. The molecule has 2 heterocycles. The Kier molecular flexibility index (Phi) is 2.83. The van der Waals surface area contributed by atoms with Gasteiger partial charge in [-0.25, -0.2) is 0 Å². The zero-order chi connectivity index (χ0) is 13.4. The molecule has 0 fully saturated rings. The molecule has 0 N–H and O–H groups in total. The lowest BCUT2D eigenvalue weighted by Gasteiger charge is -1.94. The van der Waals surface area contributed by atoms with Gasteiger partial charge in [-0.1, -0.05) is 46.6 Å². The van der Waals surface area contributed by atoms with Crippen molar-refractivity contribution in [3.63, 3.8) is 0 Å². The van der Waals surface area contributed by atoms with Gasteiger partial charge in [-0.3, -0.25) is 4.68 Å². The molecule has 0 spiro atoms. The standard InChI is InChI=1S/C13H11ClN4O/c1-8-3-5-9(6-4-8)12-16-13(19-17-12)10-7-15-18(2)11(10)14/h3-7H,1-2H3. The molecule has 5 nitrogen and oxygen atoms in total. The fraction of sp³-hybridized carbons (Fsp3) is 0.154. The largest absolute Gasteiger partial charge is 0.333 e. The first-order valence-electron chi connectivity index (χ1n) is 5.74. The predicted molar refractivity (Wildman–Crippen MR) is 71.7 cm³/mol. The minimum Gasteiger partial charge on any atom is -0.333 e. The maximum absolute atomic E-state index is 6.09. The number of aryl methyl sites for hydroxylation is 2. The summed E-state index contributed by atoms with van der Waals surface area (Å²) in [4.78, 5) is 4.34. The van der Waals surface area contributed by atoms with Gasteiger partial charge in [-0.15, -0.1) is 0 Å². The summed E-state index contributed by atoms with van der Waals surface area (Å²) in [7, 11) is 1.75. The van der Waals surface area contributed by atoms with Crippen LogP contribution in [0.25, 0.3) is 22.8 Å². The van der Waals surface area contributed by atoms with E-state index in [2.05, 4.69) is 15.2 Å². The van der Waals surface area contributed by atoms with E-state index in [1.165, 1.54) is 5.56 Å². The number of hydrogen-bond donors (Lipinski definition) is 0. The van der Waals surface area contributed by atoms with Crippen LogP contribution in [0.5, 0.6) is 0 Å². The zero-order valence-electron chi connectivity index (χ0n) is 10.5. The molecule has 0 saturated carbocycles. The average Bonchev–Trinajstić information content (AvgIpc) is 2.99. The zero-order valence-corrected chi connectivity index (χ0v) is 11.2.